The van der Waals surface area contributed by atoms with Gasteiger partial charge < -0.3 is 5.32 Å². The van der Waals surface area contributed by atoms with Gasteiger partial charge in [-0.1, -0.05) is 27.7 Å². The molecule has 0 aliphatic heterocycles. The Bertz CT molecular complexity index is 268. The summed E-state index contributed by atoms with van der Waals surface area (Å²) >= 11 is 0. The predicted octanol–water partition coefficient (Wildman–Crippen LogP) is 1.84. The zero-order valence-corrected chi connectivity index (χ0v) is 11.4. The van der Waals surface area contributed by atoms with Crippen LogP contribution in [0.3, 0.4) is 0 Å². The Balaban J connectivity index is 3.87. The smallest absolute Gasteiger partial charge is 0.147 e. The first-order valence-corrected chi connectivity index (χ1v) is 7.59. The van der Waals surface area contributed by atoms with Crippen LogP contribution in [-0.4, -0.2) is 33.0 Å². The SMILES string of the molecule is CC(C)NCCC(C)(C)CCS(C)(=O)=O. The summed E-state index contributed by atoms with van der Waals surface area (Å²) in [7, 11) is -2.82. The third-order valence-corrected chi connectivity index (χ3v) is 3.45. The van der Waals surface area contributed by atoms with Crippen LogP contribution in [0.25, 0.3) is 0 Å². The number of sulfone groups is 1. The Morgan fingerprint density at radius 2 is 1.73 bits per heavy atom. The van der Waals surface area contributed by atoms with E-state index in [0.29, 0.717) is 11.8 Å². The van der Waals surface area contributed by atoms with E-state index in [2.05, 4.69) is 33.0 Å². The molecule has 0 saturated carbocycles. The third-order valence-electron chi connectivity index (χ3n) is 2.50. The van der Waals surface area contributed by atoms with Crippen molar-refractivity contribution in [3.8, 4) is 0 Å². The summed E-state index contributed by atoms with van der Waals surface area (Å²) in [6, 6.07) is 0.496. The molecule has 92 valence electrons. The van der Waals surface area contributed by atoms with Crippen molar-refractivity contribution < 1.29 is 8.42 Å². The van der Waals surface area contributed by atoms with Crippen LogP contribution < -0.4 is 5.32 Å². The van der Waals surface area contributed by atoms with E-state index in [1.807, 2.05) is 0 Å². The molecule has 0 saturated heterocycles. The second-order valence-electron chi connectivity index (χ2n) is 5.40. The zero-order chi connectivity index (χ0) is 12.1. The van der Waals surface area contributed by atoms with Crippen molar-refractivity contribution in [3.05, 3.63) is 0 Å². The van der Waals surface area contributed by atoms with Crippen molar-refractivity contribution in [2.75, 3.05) is 18.6 Å². The standard InChI is InChI=1S/C11H25NO2S/c1-10(2)12-8-6-11(3,4)7-9-15(5,13)14/h10,12H,6-9H2,1-5H3. The molecule has 0 aromatic heterocycles. The summed E-state index contributed by atoms with van der Waals surface area (Å²) in [5, 5.41) is 3.35. The molecule has 0 atom stereocenters. The van der Waals surface area contributed by atoms with E-state index in [-0.39, 0.29) is 5.41 Å². The van der Waals surface area contributed by atoms with Gasteiger partial charge in [-0.3, -0.25) is 0 Å². The molecule has 0 fully saturated rings. The lowest BCUT2D eigenvalue weighted by atomic mass is 9.86. The molecule has 4 heteroatoms. The van der Waals surface area contributed by atoms with Gasteiger partial charge in [-0.15, -0.1) is 0 Å². The molecular weight excluding hydrogens is 210 g/mol. The maximum atomic E-state index is 11.0. The van der Waals surface area contributed by atoms with Crippen LogP contribution in [0.5, 0.6) is 0 Å². The van der Waals surface area contributed by atoms with Gasteiger partial charge in [-0.05, 0) is 24.8 Å². The molecule has 0 aliphatic rings. The van der Waals surface area contributed by atoms with Crippen molar-refractivity contribution >= 4 is 9.84 Å². The summed E-state index contributed by atoms with van der Waals surface area (Å²) in [4.78, 5) is 0. The largest absolute Gasteiger partial charge is 0.315 e. The van der Waals surface area contributed by atoms with Crippen LogP contribution >= 0.6 is 0 Å². The van der Waals surface area contributed by atoms with E-state index in [1.54, 1.807) is 0 Å². The van der Waals surface area contributed by atoms with Crippen molar-refractivity contribution in [3.63, 3.8) is 0 Å². The van der Waals surface area contributed by atoms with E-state index in [1.165, 1.54) is 6.26 Å². The topological polar surface area (TPSA) is 46.2 Å². The van der Waals surface area contributed by atoms with Gasteiger partial charge >= 0.3 is 0 Å². The van der Waals surface area contributed by atoms with E-state index in [4.69, 9.17) is 0 Å². The van der Waals surface area contributed by atoms with Crippen LogP contribution in [0.4, 0.5) is 0 Å². The summed E-state index contributed by atoms with van der Waals surface area (Å²) in [6.07, 6.45) is 3.06. The maximum Gasteiger partial charge on any atom is 0.147 e. The van der Waals surface area contributed by atoms with E-state index in [9.17, 15) is 8.42 Å². The summed E-state index contributed by atoms with van der Waals surface area (Å²) in [5.74, 6) is 0.293. The molecule has 0 radical (unpaired) electrons. The minimum absolute atomic E-state index is 0.102. The fraction of sp³-hybridized carbons (Fsp3) is 1.00. The third kappa shape index (κ3) is 10.2. The first-order valence-electron chi connectivity index (χ1n) is 5.53. The lowest BCUT2D eigenvalue weighted by molar-refractivity contribution is 0.312. The van der Waals surface area contributed by atoms with E-state index in [0.717, 1.165) is 19.4 Å². The quantitative estimate of drug-likeness (QED) is 0.732. The van der Waals surface area contributed by atoms with Crippen LogP contribution in [-0.2, 0) is 9.84 Å². The highest BCUT2D eigenvalue weighted by atomic mass is 32.2. The van der Waals surface area contributed by atoms with Gasteiger partial charge in [0.05, 0.1) is 5.75 Å². The van der Waals surface area contributed by atoms with Gasteiger partial charge in [-0.2, -0.15) is 0 Å². The Morgan fingerprint density at radius 3 is 2.13 bits per heavy atom. The summed E-state index contributed by atoms with van der Waals surface area (Å²) < 4.78 is 22.1. The highest BCUT2D eigenvalue weighted by molar-refractivity contribution is 7.90. The predicted molar refractivity (Wildman–Crippen MR) is 65.9 cm³/mol. The molecule has 1 N–H and O–H groups in total. The van der Waals surface area contributed by atoms with Crippen molar-refractivity contribution in [2.45, 2.75) is 46.6 Å². The van der Waals surface area contributed by atoms with Gasteiger partial charge in [0.1, 0.15) is 9.84 Å². The van der Waals surface area contributed by atoms with Crippen molar-refractivity contribution in [1.29, 1.82) is 0 Å². The molecule has 15 heavy (non-hydrogen) atoms. The monoisotopic (exact) mass is 235 g/mol. The molecule has 0 aromatic rings. The Kier molecular flexibility index (Phi) is 5.81. The number of rotatable bonds is 7. The van der Waals surface area contributed by atoms with Crippen LogP contribution in [0, 0.1) is 5.41 Å². The number of hydrogen-bond acceptors (Lipinski definition) is 3. The first-order chi connectivity index (χ1) is 6.62. The normalized spacial score (nSPS) is 13.5. The van der Waals surface area contributed by atoms with Crippen molar-refractivity contribution in [2.24, 2.45) is 5.41 Å². The average molecular weight is 235 g/mol. The van der Waals surface area contributed by atoms with E-state index >= 15 is 0 Å². The fourth-order valence-corrected chi connectivity index (χ4v) is 2.21. The zero-order valence-electron chi connectivity index (χ0n) is 10.6. The Morgan fingerprint density at radius 1 is 1.20 bits per heavy atom. The molecule has 3 nitrogen and oxygen atoms in total. The Labute approximate surface area is 94.6 Å². The van der Waals surface area contributed by atoms with Crippen LogP contribution in [0.1, 0.15) is 40.5 Å². The highest BCUT2D eigenvalue weighted by Crippen LogP contribution is 2.24. The van der Waals surface area contributed by atoms with Gasteiger partial charge in [-0.25, -0.2) is 8.42 Å². The highest BCUT2D eigenvalue weighted by Gasteiger charge is 2.19. The molecule has 0 amide bonds. The minimum atomic E-state index is -2.82. The second-order valence-corrected chi connectivity index (χ2v) is 7.66. The van der Waals surface area contributed by atoms with Gasteiger partial charge in [0.25, 0.3) is 0 Å². The molecule has 0 bridgehead atoms. The van der Waals surface area contributed by atoms with Gasteiger partial charge in [0.15, 0.2) is 0 Å². The number of hydrogen-bond donors (Lipinski definition) is 1. The van der Waals surface area contributed by atoms with Gasteiger partial charge in [0, 0.05) is 12.3 Å². The van der Waals surface area contributed by atoms with Crippen LogP contribution in [0.15, 0.2) is 0 Å². The average Bonchev–Trinajstić information content (AvgIpc) is 1.99. The maximum absolute atomic E-state index is 11.0. The lowest BCUT2D eigenvalue weighted by Crippen LogP contribution is -2.28. The molecule has 0 unspecified atom stereocenters. The fourth-order valence-electron chi connectivity index (χ4n) is 1.29. The number of nitrogens with one attached hydrogen (secondary N) is 1. The lowest BCUT2D eigenvalue weighted by Gasteiger charge is -2.24. The van der Waals surface area contributed by atoms with E-state index < -0.39 is 9.84 Å². The first kappa shape index (κ1) is 14.9. The Hall–Kier alpha value is -0.0900. The van der Waals surface area contributed by atoms with Crippen molar-refractivity contribution in [1.82, 2.24) is 5.32 Å². The second kappa shape index (κ2) is 5.85. The summed E-state index contributed by atoms with van der Waals surface area (Å²) in [6.45, 7) is 9.43. The molecular formula is C11H25NO2S. The summed E-state index contributed by atoms with van der Waals surface area (Å²) in [5.41, 5.74) is 0.102. The molecule has 0 aliphatic carbocycles. The molecule has 0 heterocycles. The van der Waals surface area contributed by atoms with Crippen LogP contribution in [0.2, 0.25) is 0 Å². The molecule has 0 aromatic carbocycles. The minimum Gasteiger partial charge on any atom is -0.315 e. The molecule has 0 spiro atoms. The molecule has 0 rings (SSSR count). The van der Waals surface area contributed by atoms with Gasteiger partial charge in [0.2, 0.25) is 0 Å².